The Kier molecular flexibility index (Phi) is 1.84. The van der Waals surface area contributed by atoms with Crippen LogP contribution in [0.25, 0.3) is 10.1 Å². The van der Waals surface area contributed by atoms with Crippen molar-refractivity contribution in [2.45, 2.75) is 0 Å². The molecule has 0 atom stereocenters. The maximum atomic E-state index is 13.6. The zero-order valence-electron chi connectivity index (χ0n) is 7.00. The van der Waals surface area contributed by atoms with Crippen LogP contribution < -0.4 is 10.5 Å². The highest BCUT2D eigenvalue weighted by Gasteiger charge is 2.11. The van der Waals surface area contributed by atoms with Gasteiger partial charge in [0.2, 0.25) is 0 Å². The molecule has 1 aromatic carbocycles. The highest BCUT2D eigenvalue weighted by atomic mass is 32.1. The summed E-state index contributed by atoms with van der Waals surface area (Å²) in [5.74, 6) is -0.142. The first-order chi connectivity index (χ1) is 6.24. The predicted molar refractivity (Wildman–Crippen MR) is 52.7 cm³/mol. The molecule has 0 aliphatic carbocycles. The van der Waals surface area contributed by atoms with E-state index in [1.54, 1.807) is 17.5 Å². The number of anilines is 1. The van der Waals surface area contributed by atoms with E-state index >= 15 is 0 Å². The molecule has 0 amide bonds. The van der Waals surface area contributed by atoms with Gasteiger partial charge in [0, 0.05) is 10.1 Å². The average Bonchev–Trinajstić information content (AvgIpc) is 2.49. The minimum atomic E-state index is -0.376. The van der Waals surface area contributed by atoms with Crippen LogP contribution >= 0.6 is 11.3 Å². The molecular weight excluding hydrogens is 189 g/mol. The molecule has 2 aromatic rings. The molecule has 0 saturated heterocycles. The number of thiophene rings is 1. The fourth-order valence-corrected chi connectivity index (χ4v) is 2.09. The van der Waals surface area contributed by atoms with Crippen molar-refractivity contribution in [2.75, 3.05) is 12.8 Å². The number of rotatable bonds is 1. The van der Waals surface area contributed by atoms with Crippen molar-refractivity contribution >= 4 is 27.1 Å². The van der Waals surface area contributed by atoms with Crippen molar-refractivity contribution in [2.24, 2.45) is 0 Å². The van der Waals surface area contributed by atoms with Crippen molar-refractivity contribution in [1.29, 1.82) is 0 Å². The van der Waals surface area contributed by atoms with Crippen LogP contribution in [0.4, 0.5) is 10.1 Å². The number of halogens is 1. The normalized spacial score (nSPS) is 10.6. The van der Waals surface area contributed by atoms with E-state index in [-0.39, 0.29) is 11.6 Å². The third-order valence-corrected chi connectivity index (χ3v) is 2.86. The molecule has 13 heavy (non-hydrogen) atoms. The largest absolute Gasteiger partial charge is 0.494 e. The third kappa shape index (κ3) is 1.14. The van der Waals surface area contributed by atoms with Gasteiger partial charge in [-0.15, -0.1) is 11.3 Å². The minimum absolute atomic E-state index is 0.234. The number of nitrogens with two attached hydrogens (primary N) is 1. The Hall–Kier alpha value is -1.29. The summed E-state index contributed by atoms with van der Waals surface area (Å²) in [6.45, 7) is 0. The lowest BCUT2D eigenvalue weighted by atomic mass is 10.2. The molecule has 0 spiro atoms. The van der Waals surface area contributed by atoms with E-state index < -0.39 is 0 Å². The van der Waals surface area contributed by atoms with Gasteiger partial charge in [0.05, 0.1) is 18.2 Å². The number of hydrogen-bond acceptors (Lipinski definition) is 3. The Balaban J connectivity index is 2.83. The number of fused-ring (bicyclic) bond motifs is 1. The molecule has 0 saturated carbocycles. The standard InChI is InChI=1S/C9H8FNOS/c1-12-6-2-3-7-8(9(6)10)5(11)4-13-7/h2-4H,11H2,1H3. The second kappa shape index (κ2) is 2.88. The molecule has 2 N–H and O–H groups in total. The summed E-state index contributed by atoms with van der Waals surface area (Å²) in [6, 6.07) is 3.41. The van der Waals surface area contributed by atoms with Crippen LogP contribution in [-0.4, -0.2) is 7.11 Å². The van der Waals surface area contributed by atoms with Crippen LogP contribution in [0.1, 0.15) is 0 Å². The van der Waals surface area contributed by atoms with Crippen LogP contribution in [0.5, 0.6) is 5.75 Å². The fraction of sp³-hybridized carbons (Fsp3) is 0.111. The summed E-state index contributed by atoms with van der Waals surface area (Å²) in [4.78, 5) is 0. The van der Waals surface area contributed by atoms with E-state index in [4.69, 9.17) is 10.5 Å². The number of benzene rings is 1. The molecule has 0 unspecified atom stereocenters. The zero-order valence-corrected chi connectivity index (χ0v) is 7.82. The lowest BCUT2D eigenvalue weighted by Gasteiger charge is -2.02. The van der Waals surface area contributed by atoms with Crippen molar-refractivity contribution in [3.63, 3.8) is 0 Å². The van der Waals surface area contributed by atoms with E-state index in [1.165, 1.54) is 18.4 Å². The fourth-order valence-electron chi connectivity index (χ4n) is 1.25. The molecule has 0 radical (unpaired) electrons. The minimum Gasteiger partial charge on any atom is -0.494 e. The third-order valence-electron chi connectivity index (χ3n) is 1.89. The molecule has 2 nitrogen and oxygen atoms in total. The smallest absolute Gasteiger partial charge is 0.175 e. The summed E-state index contributed by atoms with van der Waals surface area (Å²) in [5.41, 5.74) is 6.08. The van der Waals surface area contributed by atoms with E-state index in [1.807, 2.05) is 0 Å². The molecule has 0 bridgehead atoms. The summed E-state index contributed by atoms with van der Waals surface area (Å²) in [5, 5.41) is 2.19. The van der Waals surface area contributed by atoms with Gasteiger partial charge in [0.15, 0.2) is 11.6 Å². The second-order valence-corrected chi connectivity index (χ2v) is 3.56. The van der Waals surface area contributed by atoms with Crippen molar-refractivity contribution in [3.05, 3.63) is 23.3 Å². The summed E-state index contributed by atoms with van der Waals surface area (Å²) >= 11 is 1.43. The van der Waals surface area contributed by atoms with E-state index in [0.717, 1.165) is 4.70 Å². The highest BCUT2D eigenvalue weighted by Crippen LogP contribution is 2.34. The van der Waals surface area contributed by atoms with E-state index in [2.05, 4.69) is 0 Å². The molecular formula is C9H8FNOS. The van der Waals surface area contributed by atoms with Gasteiger partial charge < -0.3 is 10.5 Å². The monoisotopic (exact) mass is 197 g/mol. The van der Waals surface area contributed by atoms with E-state index in [9.17, 15) is 4.39 Å². The Labute approximate surface area is 78.7 Å². The Morgan fingerprint density at radius 2 is 2.23 bits per heavy atom. The molecule has 0 aliphatic heterocycles. The molecule has 68 valence electrons. The van der Waals surface area contributed by atoms with Gasteiger partial charge in [-0.2, -0.15) is 0 Å². The van der Waals surface area contributed by atoms with Gasteiger partial charge in [-0.1, -0.05) is 0 Å². The van der Waals surface area contributed by atoms with Gasteiger partial charge >= 0.3 is 0 Å². The van der Waals surface area contributed by atoms with Gasteiger partial charge in [-0.3, -0.25) is 0 Å². The first-order valence-electron chi connectivity index (χ1n) is 3.73. The summed E-state index contributed by atoms with van der Waals surface area (Å²) < 4.78 is 19.3. The molecule has 0 fully saturated rings. The Bertz CT molecular complexity index is 452. The predicted octanol–water partition coefficient (Wildman–Crippen LogP) is 2.63. The first-order valence-corrected chi connectivity index (χ1v) is 4.61. The zero-order chi connectivity index (χ0) is 9.42. The number of hydrogen-bond donors (Lipinski definition) is 1. The average molecular weight is 197 g/mol. The molecule has 1 aromatic heterocycles. The lowest BCUT2D eigenvalue weighted by molar-refractivity contribution is 0.389. The molecule has 2 rings (SSSR count). The second-order valence-electron chi connectivity index (χ2n) is 2.65. The Morgan fingerprint density at radius 1 is 1.46 bits per heavy atom. The highest BCUT2D eigenvalue weighted by molar-refractivity contribution is 7.17. The summed E-state index contributed by atoms with van der Waals surface area (Å²) in [7, 11) is 1.44. The van der Waals surface area contributed by atoms with Gasteiger partial charge in [0.25, 0.3) is 0 Å². The van der Waals surface area contributed by atoms with Crippen LogP contribution in [0, 0.1) is 5.82 Å². The number of methoxy groups -OCH3 is 1. The molecule has 0 aliphatic rings. The molecule has 1 heterocycles. The SMILES string of the molecule is COc1ccc2scc(N)c2c1F. The van der Waals surface area contributed by atoms with Crippen molar-refractivity contribution in [1.82, 2.24) is 0 Å². The number of nitrogen functional groups attached to an aromatic ring is 1. The van der Waals surface area contributed by atoms with Crippen LogP contribution in [0.2, 0.25) is 0 Å². The van der Waals surface area contributed by atoms with Crippen LogP contribution in [0.15, 0.2) is 17.5 Å². The van der Waals surface area contributed by atoms with Crippen LogP contribution in [-0.2, 0) is 0 Å². The molecule has 4 heteroatoms. The van der Waals surface area contributed by atoms with Gasteiger partial charge in [-0.25, -0.2) is 4.39 Å². The lowest BCUT2D eigenvalue weighted by Crippen LogP contribution is -1.90. The van der Waals surface area contributed by atoms with Crippen molar-refractivity contribution < 1.29 is 9.13 Å². The van der Waals surface area contributed by atoms with E-state index in [0.29, 0.717) is 11.1 Å². The maximum Gasteiger partial charge on any atom is 0.175 e. The van der Waals surface area contributed by atoms with Gasteiger partial charge in [-0.05, 0) is 12.1 Å². The maximum absolute atomic E-state index is 13.6. The summed E-state index contributed by atoms with van der Waals surface area (Å²) in [6.07, 6.45) is 0. The van der Waals surface area contributed by atoms with Crippen LogP contribution in [0.3, 0.4) is 0 Å². The van der Waals surface area contributed by atoms with Crippen molar-refractivity contribution in [3.8, 4) is 5.75 Å². The topological polar surface area (TPSA) is 35.2 Å². The van der Waals surface area contributed by atoms with Gasteiger partial charge in [0.1, 0.15) is 0 Å². The first kappa shape index (κ1) is 8.31. The number of ether oxygens (including phenoxy) is 1. The quantitative estimate of drug-likeness (QED) is 0.762. The Morgan fingerprint density at radius 3 is 2.92 bits per heavy atom.